The van der Waals surface area contributed by atoms with Crippen LogP contribution in [0.4, 0.5) is 15.6 Å². The van der Waals surface area contributed by atoms with Crippen LogP contribution in [0.5, 0.6) is 5.88 Å². The number of nitrogens with zero attached hydrogens (tertiary/aromatic N) is 2. The Morgan fingerprint density at radius 3 is 2.85 bits per heavy atom. The van der Waals surface area contributed by atoms with Gasteiger partial charge >= 0.3 is 6.03 Å². The molecule has 27 heavy (non-hydrogen) atoms. The van der Waals surface area contributed by atoms with E-state index in [0.717, 1.165) is 16.7 Å². The lowest BCUT2D eigenvalue weighted by Gasteiger charge is -2.14. The number of hydrogen-bond donors (Lipinski definition) is 2. The van der Waals surface area contributed by atoms with Crippen molar-refractivity contribution < 1.29 is 14.3 Å². The summed E-state index contributed by atoms with van der Waals surface area (Å²) < 4.78 is 11.7. The molecule has 138 valence electrons. The molecule has 0 saturated carbocycles. The van der Waals surface area contributed by atoms with Crippen molar-refractivity contribution in [1.82, 2.24) is 9.97 Å². The summed E-state index contributed by atoms with van der Waals surface area (Å²) in [6.45, 7) is 1.27. The first-order valence-corrected chi connectivity index (χ1v) is 9.30. The molecule has 1 aliphatic rings. The third-order valence-corrected chi connectivity index (χ3v) is 5.14. The maximum Gasteiger partial charge on any atom is 0.325 e. The Morgan fingerprint density at radius 2 is 2.11 bits per heavy atom. The van der Waals surface area contributed by atoms with Gasteiger partial charge in [0.25, 0.3) is 0 Å². The molecule has 2 N–H and O–H groups in total. The molecule has 2 aromatic heterocycles. The number of pyridine rings is 1. The molecule has 0 radical (unpaired) electrons. The van der Waals surface area contributed by atoms with E-state index in [0.29, 0.717) is 35.4 Å². The fraction of sp³-hybridized carbons (Fsp3) is 0.211. The smallest absolute Gasteiger partial charge is 0.325 e. The van der Waals surface area contributed by atoms with Crippen LogP contribution >= 0.6 is 11.3 Å². The number of amides is 2. The number of fused-ring (bicyclic) bond motifs is 1. The fourth-order valence-corrected chi connectivity index (χ4v) is 3.87. The molecule has 0 bridgehead atoms. The number of urea groups is 1. The minimum Gasteiger partial charge on any atom is -0.479 e. The van der Waals surface area contributed by atoms with Crippen molar-refractivity contribution >= 4 is 44.0 Å². The molecule has 7 nitrogen and oxygen atoms in total. The summed E-state index contributed by atoms with van der Waals surface area (Å²) >= 11 is 1.40. The Bertz CT molecular complexity index is 1000. The van der Waals surface area contributed by atoms with Crippen molar-refractivity contribution in [2.75, 3.05) is 31.0 Å². The summed E-state index contributed by atoms with van der Waals surface area (Å²) in [5.74, 6) is 0.439. The molecule has 0 saturated heterocycles. The minimum atomic E-state index is -0.348. The van der Waals surface area contributed by atoms with Crippen LogP contribution in [0.25, 0.3) is 15.8 Å². The maximum atomic E-state index is 12.3. The van der Waals surface area contributed by atoms with Gasteiger partial charge in [-0.15, -0.1) is 0 Å². The van der Waals surface area contributed by atoms with E-state index in [1.54, 1.807) is 13.3 Å². The van der Waals surface area contributed by atoms with Crippen LogP contribution in [0.1, 0.15) is 12.0 Å². The van der Waals surface area contributed by atoms with Crippen LogP contribution in [0.3, 0.4) is 0 Å². The third-order valence-electron chi connectivity index (χ3n) is 4.14. The monoisotopic (exact) mass is 382 g/mol. The molecule has 0 atom stereocenters. The Labute approximate surface area is 160 Å². The van der Waals surface area contributed by atoms with Crippen molar-refractivity contribution in [3.63, 3.8) is 0 Å². The van der Waals surface area contributed by atoms with Crippen LogP contribution < -0.4 is 15.4 Å². The number of carbonyl (C=O) groups is 1. The largest absolute Gasteiger partial charge is 0.479 e. The standard InChI is InChI=1S/C19H18N4O3S/c1-25-17-15-16(14(11-20-17)12-7-9-26-10-8-12)27-19(22-15)23-18(24)21-13-5-3-2-4-6-13/h2-7,11H,8-10H2,1H3,(H2,21,22,23,24). The van der Waals surface area contributed by atoms with E-state index in [2.05, 4.69) is 26.7 Å². The predicted molar refractivity (Wildman–Crippen MR) is 106 cm³/mol. The average Bonchev–Trinajstić information content (AvgIpc) is 3.12. The van der Waals surface area contributed by atoms with Gasteiger partial charge in [-0.25, -0.2) is 14.8 Å². The average molecular weight is 382 g/mol. The quantitative estimate of drug-likeness (QED) is 0.708. The van der Waals surface area contributed by atoms with Gasteiger partial charge in [0.2, 0.25) is 5.88 Å². The van der Waals surface area contributed by atoms with Crippen LogP contribution in [-0.4, -0.2) is 36.3 Å². The zero-order valence-electron chi connectivity index (χ0n) is 14.7. The van der Waals surface area contributed by atoms with Crippen molar-refractivity contribution in [2.45, 2.75) is 6.42 Å². The van der Waals surface area contributed by atoms with E-state index >= 15 is 0 Å². The molecule has 8 heteroatoms. The van der Waals surface area contributed by atoms with Gasteiger partial charge in [0.05, 0.1) is 25.0 Å². The number of para-hydroxylation sites is 1. The lowest BCUT2D eigenvalue weighted by Crippen LogP contribution is -2.19. The second kappa shape index (κ2) is 7.73. The molecule has 4 rings (SSSR count). The van der Waals surface area contributed by atoms with Crippen molar-refractivity contribution in [3.05, 3.63) is 48.2 Å². The number of rotatable bonds is 4. The Hall–Kier alpha value is -2.97. The van der Waals surface area contributed by atoms with Gasteiger partial charge in [-0.2, -0.15) is 0 Å². The van der Waals surface area contributed by atoms with Crippen LogP contribution in [-0.2, 0) is 4.74 Å². The van der Waals surface area contributed by atoms with Crippen LogP contribution in [0.2, 0.25) is 0 Å². The number of hydrogen-bond acceptors (Lipinski definition) is 6. The Kier molecular flexibility index (Phi) is 4.99. The highest BCUT2D eigenvalue weighted by molar-refractivity contribution is 7.22. The van der Waals surface area contributed by atoms with Gasteiger partial charge < -0.3 is 14.8 Å². The normalized spacial score (nSPS) is 13.9. The number of thiazole rings is 1. The summed E-state index contributed by atoms with van der Waals surface area (Å²) in [6, 6.07) is 8.90. The molecule has 0 aliphatic carbocycles. The highest BCUT2D eigenvalue weighted by atomic mass is 32.1. The van der Waals surface area contributed by atoms with Crippen molar-refractivity contribution in [3.8, 4) is 5.88 Å². The van der Waals surface area contributed by atoms with Gasteiger partial charge in [-0.1, -0.05) is 35.6 Å². The van der Waals surface area contributed by atoms with E-state index in [9.17, 15) is 4.79 Å². The molecule has 2 amide bonds. The first-order chi connectivity index (χ1) is 13.2. The van der Waals surface area contributed by atoms with Crippen molar-refractivity contribution in [1.29, 1.82) is 0 Å². The molecule has 3 heterocycles. The van der Waals surface area contributed by atoms with E-state index < -0.39 is 0 Å². The number of carbonyl (C=O) groups excluding carboxylic acids is 1. The highest BCUT2D eigenvalue weighted by Gasteiger charge is 2.18. The molecule has 0 fully saturated rings. The van der Waals surface area contributed by atoms with Gasteiger partial charge in [0, 0.05) is 17.4 Å². The topological polar surface area (TPSA) is 85.4 Å². The van der Waals surface area contributed by atoms with Gasteiger partial charge in [0.15, 0.2) is 5.13 Å². The number of anilines is 2. The Morgan fingerprint density at radius 1 is 1.26 bits per heavy atom. The van der Waals surface area contributed by atoms with Gasteiger partial charge in [-0.3, -0.25) is 5.32 Å². The minimum absolute atomic E-state index is 0.348. The molecule has 1 aromatic carbocycles. The number of benzene rings is 1. The maximum absolute atomic E-state index is 12.3. The number of ether oxygens (including phenoxy) is 2. The second-order valence-corrected chi connectivity index (χ2v) is 6.88. The van der Waals surface area contributed by atoms with E-state index in [1.165, 1.54) is 16.9 Å². The zero-order chi connectivity index (χ0) is 18.6. The summed E-state index contributed by atoms with van der Waals surface area (Å²) in [6.07, 6.45) is 4.67. The van der Waals surface area contributed by atoms with Gasteiger partial charge in [0.1, 0.15) is 5.52 Å². The molecular weight excluding hydrogens is 364 g/mol. The lowest BCUT2D eigenvalue weighted by molar-refractivity contribution is 0.161. The molecule has 3 aromatic rings. The van der Waals surface area contributed by atoms with Crippen LogP contribution in [0, 0.1) is 0 Å². The SMILES string of the molecule is COc1ncc(C2=CCOCC2)c2sc(NC(=O)Nc3ccccc3)nc12. The highest BCUT2D eigenvalue weighted by Crippen LogP contribution is 2.37. The molecule has 1 aliphatic heterocycles. The number of methoxy groups -OCH3 is 1. The summed E-state index contributed by atoms with van der Waals surface area (Å²) in [5.41, 5.74) is 3.53. The van der Waals surface area contributed by atoms with E-state index in [4.69, 9.17) is 9.47 Å². The number of aromatic nitrogens is 2. The van der Waals surface area contributed by atoms with Crippen LogP contribution in [0.15, 0.2) is 42.6 Å². The van der Waals surface area contributed by atoms with Crippen molar-refractivity contribution in [2.24, 2.45) is 0 Å². The van der Waals surface area contributed by atoms with E-state index in [1.807, 2.05) is 30.3 Å². The van der Waals surface area contributed by atoms with E-state index in [-0.39, 0.29) is 6.03 Å². The Balaban J connectivity index is 1.64. The third kappa shape index (κ3) is 3.76. The second-order valence-electron chi connectivity index (χ2n) is 5.88. The molecule has 0 unspecified atom stereocenters. The first kappa shape index (κ1) is 17.4. The number of nitrogens with one attached hydrogen (secondary N) is 2. The lowest BCUT2D eigenvalue weighted by atomic mass is 10.0. The zero-order valence-corrected chi connectivity index (χ0v) is 15.5. The summed E-state index contributed by atoms with van der Waals surface area (Å²) in [5, 5.41) is 6.06. The fourth-order valence-electron chi connectivity index (χ4n) is 2.87. The van der Waals surface area contributed by atoms with Gasteiger partial charge in [-0.05, 0) is 24.1 Å². The molecule has 0 spiro atoms. The predicted octanol–water partition coefficient (Wildman–Crippen LogP) is 4.15. The first-order valence-electron chi connectivity index (χ1n) is 8.48. The molecular formula is C19H18N4O3S. The summed E-state index contributed by atoms with van der Waals surface area (Å²) in [4.78, 5) is 21.2. The summed E-state index contributed by atoms with van der Waals surface area (Å²) in [7, 11) is 1.56.